The molecule has 1 aromatic heterocycles. The van der Waals surface area contributed by atoms with Crippen LogP contribution in [0.4, 0.5) is 0 Å². The van der Waals surface area contributed by atoms with E-state index >= 15 is 0 Å². The Bertz CT molecular complexity index is 468. The van der Waals surface area contributed by atoms with Crippen LogP contribution in [0.5, 0.6) is 0 Å². The van der Waals surface area contributed by atoms with Crippen molar-refractivity contribution in [2.45, 2.75) is 19.9 Å². The smallest absolute Gasteiger partial charge is 0.0690 e. The first-order chi connectivity index (χ1) is 9.42. The first-order valence-corrected chi connectivity index (χ1v) is 7.93. The summed E-state index contributed by atoms with van der Waals surface area (Å²) in [4.78, 5) is 0. The summed E-state index contributed by atoms with van der Waals surface area (Å²) in [6, 6.07) is 10.4. The minimum absolute atomic E-state index is 0.896. The molecule has 0 fully saturated rings. The molecule has 0 aliphatic carbocycles. The molecule has 0 radical (unpaired) electrons. The molecule has 0 unspecified atom stereocenters. The summed E-state index contributed by atoms with van der Waals surface area (Å²) in [5.41, 5.74) is 2.44. The first-order valence-electron chi connectivity index (χ1n) is 6.78. The third-order valence-electron chi connectivity index (χ3n) is 2.90. The van der Waals surface area contributed by atoms with Crippen LogP contribution >= 0.6 is 11.8 Å². The molecule has 19 heavy (non-hydrogen) atoms. The highest BCUT2D eigenvalue weighted by atomic mass is 32.2. The largest absolute Gasteiger partial charge is 0.313 e. The van der Waals surface area contributed by atoms with Gasteiger partial charge in [0.25, 0.3) is 0 Å². The van der Waals surface area contributed by atoms with E-state index in [1.54, 1.807) is 0 Å². The summed E-state index contributed by atoms with van der Waals surface area (Å²) in [7, 11) is 0. The third-order valence-corrected chi connectivity index (χ3v) is 3.89. The second-order valence-electron chi connectivity index (χ2n) is 4.31. The van der Waals surface area contributed by atoms with Crippen molar-refractivity contribution in [3.8, 4) is 5.69 Å². The maximum absolute atomic E-state index is 4.30. The van der Waals surface area contributed by atoms with Crippen molar-refractivity contribution in [2.24, 2.45) is 0 Å². The average molecular weight is 275 g/mol. The lowest BCUT2D eigenvalue weighted by atomic mass is 10.2. The SMILES string of the molecule is CCSCCCNCc1ccccc1-n1cccn1. The lowest BCUT2D eigenvalue weighted by Gasteiger charge is -2.10. The van der Waals surface area contributed by atoms with E-state index in [1.807, 2.05) is 34.9 Å². The molecule has 1 N–H and O–H groups in total. The summed E-state index contributed by atoms with van der Waals surface area (Å²) in [5, 5.41) is 7.81. The Morgan fingerprint density at radius 3 is 2.95 bits per heavy atom. The van der Waals surface area contributed by atoms with Crippen LogP contribution < -0.4 is 5.32 Å². The van der Waals surface area contributed by atoms with Crippen LogP contribution in [0.3, 0.4) is 0 Å². The normalized spacial score (nSPS) is 10.8. The van der Waals surface area contributed by atoms with E-state index in [4.69, 9.17) is 0 Å². The highest BCUT2D eigenvalue weighted by Gasteiger charge is 2.03. The zero-order valence-electron chi connectivity index (χ0n) is 11.4. The fourth-order valence-electron chi connectivity index (χ4n) is 1.96. The Balaban J connectivity index is 1.87. The topological polar surface area (TPSA) is 29.9 Å². The van der Waals surface area contributed by atoms with Gasteiger partial charge in [-0.1, -0.05) is 25.1 Å². The second-order valence-corrected chi connectivity index (χ2v) is 5.70. The zero-order chi connectivity index (χ0) is 13.3. The quantitative estimate of drug-likeness (QED) is 0.751. The van der Waals surface area contributed by atoms with E-state index in [1.165, 1.54) is 23.5 Å². The van der Waals surface area contributed by atoms with E-state index in [0.29, 0.717) is 0 Å². The van der Waals surface area contributed by atoms with Gasteiger partial charge in [0, 0.05) is 18.9 Å². The number of nitrogens with one attached hydrogen (secondary N) is 1. The van der Waals surface area contributed by atoms with Gasteiger partial charge in [-0.25, -0.2) is 4.68 Å². The maximum atomic E-state index is 4.30. The number of nitrogens with zero attached hydrogens (tertiary/aromatic N) is 2. The molecule has 0 spiro atoms. The predicted octanol–water partition coefficient (Wildman–Crippen LogP) is 3.11. The zero-order valence-corrected chi connectivity index (χ0v) is 12.2. The van der Waals surface area contributed by atoms with E-state index in [-0.39, 0.29) is 0 Å². The molecule has 0 saturated carbocycles. The Labute approximate surface area is 119 Å². The Kier molecular flexibility index (Phi) is 5.98. The molecular weight excluding hydrogens is 254 g/mol. The number of rotatable bonds is 8. The molecule has 3 nitrogen and oxygen atoms in total. The molecule has 1 heterocycles. The molecule has 0 atom stereocenters. The minimum Gasteiger partial charge on any atom is -0.313 e. The van der Waals surface area contributed by atoms with Crippen molar-refractivity contribution < 1.29 is 0 Å². The van der Waals surface area contributed by atoms with Gasteiger partial charge in [0.2, 0.25) is 0 Å². The average Bonchev–Trinajstić information content (AvgIpc) is 2.97. The number of para-hydroxylation sites is 1. The molecule has 2 aromatic rings. The van der Waals surface area contributed by atoms with Gasteiger partial charge in [-0.3, -0.25) is 0 Å². The molecule has 2 rings (SSSR count). The Hall–Kier alpha value is -1.26. The first kappa shape index (κ1) is 14.2. The minimum atomic E-state index is 0.896. The summed E-state index contributed by atoms with van der Waals surface area (Å²) in [6.07, 6.45) is 5.02. The second kappa shape index (κ2) is 8.02. The van der Waals surface area contributed by atoms with Crippen LogP contribution in [0.15, 0.2) is 42.7 Å². The lowest BCUT2D eigenvalue weighted by molar-refractivity contribution is 0.673. The Morgan fingerprint density at radius 2 is 2.16 bits per heavy atom. The number of benzene rings is 1. The third kappa shape index (κ3) is 4.40. The number of thioether (sulfide) groups is 1. The van der Waals surface area contributed by atoms with Crippen LogP contribution in [0.1, 0.15) is 18.9 Å². The lowest BCUT2D eigenvalue weighted by Crippen LogP contribution is -2.16. The molecule has 0 saturated heterocycles. The van der Waals surface area contributed by atoms with E-state index in [0.717, 1.165) is 18.8 Å². The van der Waals surface area contributed by atoms with Gasteiger partial charge >= 0.3 is 0 Å². The van der Waals surface area contributed by atoms with Crippen LogP contribution in [0.2, 0.25) is 0 Å². The van der Waals surface area contributed by atoms with Crippen molar-refractivity contribution in [2.75, 3.05) is 18.1 Å². The fourth-order valence-corrected chi connectivity index (χ4v) is 2.60. The van der Waals surface area contributed by atoms with Crippen molar-refractivity contribution in [1.82, 2.24) is 15.1 Å². The van der Waals surface area contributed by atoms with Crippen molar-refractivity contribution in [1.29, 1.82) is 0 Å². The monoisotopic (exact) mass is 275 g/mol. The van der Waals surface area contributed by atoms with Crippen molar-refractivity contribution >= 4 is 11.8 Å². The molecule has 1 aromatic carbocycles. The van der Waals surface area contributed by atoms with Gasteiger partial charge in [0.15, 0.2) is 0 Å². The molecule has 0 bridgehead atoms. The van der Waals surface area contributed by atoms with Gasteiger partial charge in [0.1, 0.15) is 0 Å². The Morgan fingerprint density at radius 1 is 1.26 bits per heavy atom. The number of aromatic nitrogens is 2. The fraction of sp³-hybridized carbons (Fsp3) is 0.400. The standard InChI is InChI=1S/C15H21N3S/c1-2-19-12-6-9-16-13-14-7-3-4-8-15(14)18-11-5-10-17-18/h3-5,7-8,10-11,16H,2,6,9,12-13H2,1H3. The molecule has 4 heteroatoms. The van der Waals surface area contributed by atoms with E-state index < -0.39 is 0 Å². The van der Waals surface area contributed by atoms with E-state index in [2.05, 4.69) is 41.6 Å². The predicted molar refractivity (Wildman–Crippen MR) is 82.9 cm³/mol. The molecule has 0 amide bonds. The van der Waals surface area contributed by atoms with Crippen LogP contribution in [-0.2, 0) is 6.54 Å². The number of hydrogen-bond acceptors (Lipinski definition) is 3. The maximum Gasteiger partial charge on any atom is 0.0690 e. The molecular formula is C15H21N3S. The van der Waals surface area contributed by atoms with Gasteiger partial charge in [-0.2, -0.15) is 16.9 Å². The summed E-state index contributed by atoms with van der Waals surface area (Å²) in [6.45, 7) is 4.17. The molecule has 102 valence electrons. The van der Waals surface area contributed by atoms with Crippen LogP contribution in [-0.4, -0.2) is 27.8 Å². The molecule has 0 aliphatic heterocycles. The highest BCUT2D eigenvalue weighted by Crippen LogP contribution is 2.13. The van der Waals surface area contributed by atoms with Gasteiger partial charge in [-0.05, 0) is 42.2 Å². The number of hydrogen-bond donors (Lipinski definition) is 1. The van der Waals surface area contributed by atoms with Crippen LogP contribution in [0.25, 0.3) is 5.69 Å². The van der Waals surface area contributed by atoms with Gasteiger partial charge in [-0.15, -0.1) is 0 Å². The highest BCUT2D eigenvalue weighted by molar-refractivity contribution is 7.99. The van der Waals surface area contributed by atoms with E-state index in [9.17, 15) is 0 Å². The summed E-state index contributed by atoms with van der Waals surface area (Å²) >= 11 is 2.00. The molecule has 0 aliphatic rings. The van der Waals surface area contributed by atoms with Gasteiger partial charge in [0.05, 0.1) is 5.69 Å². The summed E-state index contributed by atoms with van der Waals surface area (Å²) in [5.74, 6) is 2.45. The van der Waals surface area contributed by atoms with Gasteiger partial charge < -0.3 is 5.32 Å². The van der Waals surface area contributed by atoms with Crippen LogP contribution in [0, 0.1) is 0 Å². The summed E-state index contributed by atoms with van der Waals surface area (Å²) < 4.78 is 1.92. The van der Waals surface area contributed by atoms with Crippen molar-refractivity contribution in [3.05, 3.63) is 48.3 Å². The van der Waals surface area contributed by atoms with Crippen molar-refractivity contribution in [3.63, 3.8) is 0 Å².